The molecule has 0 atom stereocenters. The lowest BCUT2D eigenvalue weighted by Crippen LogP contribution is -2.12. The van der Waals surface area contributed by atoms with E-state index in [9.17, 15) is 0 Å². The van der Waals surface area contributed by atoms with Crippen LogP contribution in [0.2, 0.25) is 0 Å². The van der Waals surface area contributed by atoms with Crippen LogP contribution in [0.25, 0.3) is 17.2 Å². The van der Waals surface area contributed by atoms with Crippen LogP contribution in [0, 0.1) is 12.8 Å². The molecule has 124 valence electrons. The Morgan fingerprint density at radius 3 is 2.25 bits per heavy atom. The Bertz CT molecular complexity index is 768. The Morgan fingerprint density at radius 2 is 1.54 bits per heavy atom. The van der Waals surface area contributed by atoms with Gasteiger partial charge in [0, 0.05) is 0 Å². The fraction of sp³-hybridized carbons (Fsp3) is 0.417. The maximum atomic E-state index is 2.45. The number of aryl methyl sites for hydroxylation is 1. The van der Waals surface area contributed by atoms with Crippen molar-refractivity contribution >= 4 is 6.08 Å². The van der Waals surface area contributed by atoms with Gasteiger partial charge in [-0.1, -0.05) is 73.4 Å². The minimum atomic E-state index is 0.779. The molecule has 0 amide bonds. The van der Waals surface area contributed by atoms with Crippen molar-refractivity contribution in [3.8, 4) is 11.1 Å². The normalized spacial score (nSPS) is 23.0. The van der Waals surface area contributed by atoms with Gasteiger partial charge >= 0.3 is 0 Å². The number of allylic oxidation sites excluding steroid dienone is 1. The maximum absolute atomic E-state index is 2.45. The fourth-order valence-corrected chi connectivity index (χ4v) is 4.56. The Hall–Kier alpha value is -1.82. The molecule has 0 unspecified atom stereocenters. The van der Waals surface area contributed by atoms with Gasteiger partial charge in [0.2, 0.25) is 0 Å². The Kier molecular flexibility index (Phi) is 4.08. The van der Waals surface area contributed by atoms with Crippen LogP contribution >= 0.6 is 0 Å². The van der Waals surface area contributed by atoms with E-state index < -0.39 is 0 Å². The van der Waals surface area contributed by atoms with E-state index in [1.165, 1.54) is 53.5 Å². The van der Waals surface area contributed by atoms with E-state index >= 15 is 0 Å². The smallest absolute Gasteiger partial charge is 0.00575 e. The third-order valence-electron chi connectivity index (χ3n) is 6.06. The zero-order valence-corrected chi connectivity index (χ0v) is 15.2. The van der Waals surface area contributed by atoms with Crippen molar-refractivity contribution in [3.63, 3.8) is 0 Å². The molecule has 0 nitrogen and oxygen atoms in total. The summed E-state index contributed by atoms with van der Waals surface area (Å²) < 4.78 is 0. The molecule has 0 spiro atoms. The molecular formula is C24H28. The molecule has 0 heterocycles. The third kappa shape index (κ3) is 2.83. The molecule has 2 aromatic carbocycles. The topological polar surface area (TPSA) is 0 Å². The average molecular weight is 316 g/mol. The minimum absolute atomic E-state index is 0.779. The molecule has 1 fully saturated rings. The van der Waals surface area contributed by atoms with E-state index in [2.05, 4.69) is 63.2 Å². The molecule has 2 aromatic rings. The summed E-state index contributed by atoms with van der Waals surface area (Å²) in [6.45, 7) is 6.85. The summed E-state index contributed by atoms with van der Waals surface area (Å²) in [5.41, 5.74) is 10.4. The number of hydrogen-bond acceptors (Lipinski definition) is 0. The molecule has 2 aliphatic rings. The molecule has 0 aromatic heterocycles. The highest BCUT2D eigenvalue weighted by atomic mass is 14.3. The molecule has 0 aliphatic heterocycles. The maximum Gasteiger partial charge on any atom is -0.00575 e. The largest absolute Gasteiger partial charge is 0.0683 e. The van der Waals surface area contributed by atoms with E-state index in [0.717, 1.165) is 18.3 Å². The molecule has 0 N–H and O–H groups in total. The van der Waals surface area contributed by atoms with Crippen LogP contribution in [0.15, 0.2) is 42.0 Å². The second kappa shape index (κ2) is 6.24. The molecule has 2 aliphatic carbocycles. The lowest BCUT2D eigenvalue weighted by atomic mass is 9.77. The monoisotopic (exact) mass is 316 g/mol. The zero-order chi connectivity index (χ0) is 16.7. The Balaban J connectivity index is 1.76. The molecule has 0 radical (unpaired) electrons. The van der Waals surface area contributed by atoms with Gasteiger partial charge in [0.05, 0.1) is 0 Å². The average Bonchev–Trinajstić information content (AvgIpc) is 2.97. The van der Waals surface area contributed by atoms with Crippen LogP contribution < -0.4 is 0 Å². The van der Waals surface area contributed by atoms with Gasteiger partial charge in [-0.05, 0) is 72.8 Å². The van der Waals surface area contributed by atoms with Gasteiger partial charge in [-0.15, -0.1) is 0 Å². The predicted octanol–water partition coefficient (Wildman–Crippen LogP) is 6.92. The molecule has 24 heavy (non-hydrogen) atoms. The second-order valence-electron chi connectivity index (χ2n) is 8.08. The van der Waals surface area contributed by atoms with Crippen molar-refractivity contribution in [3.05, 3.63) is 64.2 Å². The molecular weight excluding hydrogens is 288 g/mol. The highest BCUT2D eigenvalue weighted by molar-refractivity contribution is 5.81. The van der Waals surface area contributed by atoms with Crippen LogP contribution in [-0.2, 0) is 6.42 Å². The summed E-state index contributed by atoms with van der Waals surface area (Å²) in [7, 11) is 0. The summed E-state index contributed by atoms with van der Waals surface area (Å²) in [5, 5.41) is 0. The van der Waals surface area contributed by atoms with Crippen molar-refractivity contribution in [2.24, 2.45) is 5.92 Å². The first-order chi connectivity index (χ1) is 11.6. The molecule has 0 heteroatoms. The van der Waals surface area contributed by atoms with Crippen LogP contribution in [0.3, 0.4) is 0 Å². The highest BCUT2D eigenvalue weighted by Crippen LogP contribution is 2.43. The van der Waals surface area contributed by atoms with Gasteiger partial charge in [-0.25, -0.2) is 0 Å². The van der Waals surface area contributed by atoms with Gasteiger partial charge in [-0.2, -0.15) is 0 Å². The van der Waals surface area contributed by atoms with Gasteiger partial charge in [0.1, 0.15) is 0 Å². The molecule has 1 saturated carbocycles. The van der Waals surface area contributed by atoms with Gasteiger partial charge in [0.25, 0.3) is 0 Å². The van der Waals surface area contributed by atoms with Crippen LogP contribution in [0.5, 0.6) is 0 Å². The van der Waals surface area contributed by atoms with Gasteiger partial charge in [0.15, 0.2) is 0 Å². The number of benzene rings is 2. The summed E-state index contributed by atoms with van der Waals surface area (Å²) >= 11 is 0. The van der Waals surface area contributed by atoms with Crippen molar-refractivity contribution in [2.75, 3.05) is 0 Å². The van der Waals surface area contributed by atoms with Crippen molar-refractivity contribution < 1.29 is 0 Å². The first-order valence-electron chi connectivity index (χ1n) is 9.52. The quantitative estimate of drug-likeness (QED) is 0.564. The van der Waals surface area contributed by atoms with Crippen molar-refractivity contribution in [1.29, 1.82) is 0 Å². The number of hydrogen-bond donors (Lipinski definition) is 0. The summed E-state index contributed by atoms with van der Waals surface area (Å²) in [6, 6.07) is 13.8. The molecule has 0 bridgehead atoms. The van der Waals surface area contributed by atoms with E-state index in [-0.39, 0.29) is 0 Å². The van der Waals surface area contributed by atoms with E-state index in [0.29, 0.717) is 0 Å². The number of rotatable bonds is 2. The van der Waals surface area contributed by atoms with Crippen molar-refractivity contribution in [1.82, 2.24) is 0 Å². The SMILES string of the molecule is CC1=Cc2c(-c3ccc(C)cc3)ccc(C3CCC(C)CC3)c2C1. The van der Waals surface area contributed by atoms with E-state index in [1.807, 2.05) is 0 Å². The summed E-state index contributed by atoms with van der Waals surface area (Å²) in [4.78, 5) is 0. The first kappa shape index (κ1) is 15.7. The minimum Gasteiger partial charge on any atom is -0.0683 e. The first-order valence-corrected chi connectivity index (χ1v) is 9.52. The van der Waals surface area contributed by atoms with E-state index in [1.54, 1.807) is 11.1 Å². The summed E-state index contributed by atoms with van der Waals surface area (Å²) in [5.74, 6) is 1.70. The predicted molar refractivity (Wildman–Crippen MR) is 104 cm³/mol. The third-order valence-corrected chi connectivity index (χ3v) is 6.06. The Labute approximate surface area is 146 Å². The van der Waals surface area contributed by atoms with Crippen LogP contribution in [-0.4, -0.2) is 0 Å². The number of fused-ring (bicyclic) bond motifs is 1. The second-order valence-corrected chi connectivity index (χ2v) is 8.08. The lowest BCUT2D eigenvalue weighted by Gasteiger charge is -2.28. The summed E-state index contributed by atoms with van der Waals surface area (Å²) in [6.07, 6.45) is 9.11. The van der Waals surface area contributed by atoms with Crippen LogP contribution in [0.4, 0.5) is 0 Å². The molecule has 0 saturated heterocycles. The lowest BCUT2D eigenvalue weighted by molar-refractivity contribution is 0.347. The van der Waals surface area contributed by atoms with Gasteiger partial charge < -0.3 is 0 Å². The molecule has 4 rings (SSSR count). The Morgan fingerprint density at radius 1 is 0.833 bits per heavy atom. The van der Waals surface area contributed by atoms with E-state index in [4.69, 9.17) is 0 Å². The highest BCUT2D eigenvalue weighted by Gasteiger charge is 2.25. The fourth-order valence-electron chi connectivity index (χ4n) is 4.56. The van der Waals surface area contributed by atoms with Gasteiger partial charge in [-0.3, -0.25) is 0 Å². The van der Waals surface area contributed by atoms with Crippen molar-refractivity contribution in [2.45, 2.75) is 58.8 Å². The van der Waals surface area contributed by atoms with Crippen LogP contribution in [0.1, 0.15) is 67.7 Å². The standard InChI is InChI=1S/C24H28/c1-16-4-8-19(9-5-16)21-12-13-22(20-10-6-17(2)7-11-20)24-15-18(3)14-23(21)24/h4-5,8-9,12-14,17,20H,6-7,10-11,15H2,1-3H3. The zero-order valence-electron chi connectivity index (χ0n) is 15.2.